The molecule has 2 heterocycles. The van der Waals surface area contributed by atoms with Crippen LogP contribution in [0.2, 0.25) is 0 Å². The second-order valence-corrected chi connectivity index (χ2v) is 7.04. The van der Waals surface area contributed by atoms with E-state index in [2.05, 4.69) is 53.2 Å². The van der Waals surface area contributed by atoms with E-state index in [4.69, 9.17) is 4.74 Å². The zero-order chi connectivity index (χ0) is 16.7. The van der Waals surface area contributed by atoms with E-state index in [9.17, 15) is 0 Å². The topological polar surface area (TPSA) is 43.2 Å². The second kappa shape index (κ2) is 9.25. The fourth-order valence-electron chi connectivity index (χ4n) is 2.61. The van der Waals surface area contributed by atoms with Crippen molar-refractivity contribution in [2.45, 2.75) is 51.0 Å². The molecule has 0 N–H and O–H groups in total. The first-order valence-electron chi connectivity index (χ1n) is 8.21. The molecule has 0 radical (unpaired) electrons. The van der Waals surface area contributed by atoms with E-state index in [1.54, 1.807) is 11.8 Å². The van der Waals surface area contributed by atoms with Gasteiger partial charge in [-0.15, -0.1) is 16.8 Å². The van der Waals surface area contributed by atoms with Gasteiger partial charge in [0.15, 0.2) is 5.16 Å². The highest BCUT2D eigenvalue weighted by Crippen LogP contribution is 2.23. The van der Waals surface area contributed by atoms with Crippen LogP contribution in [0.4, 0.5) is 0 Å². The van der Waals surface area contributed by atoms with Crippen molar-refractivity contribution in [2.75, 3.05) is 26.0 Å². The summed E-state index contributed by atoms with van der Waals surface area (Å²) in [6, 6.07) is 0. The molecule has 0 spiro atoms. The van der Waals surface area contributed by atoms with E-state index in [1.165, 1.54) is 12.0 Å². The Kier molecular flexibility index (Phi) is 7.33. The highest BCUT2D eigenvalue weighted by molar-refractivity contribution is 7.99. The number of hydrogen-bond acceptors (Lipinski definition) is 5. The second-order valence-electron chi connectivity index (χ2n) is 6.05. The van der Waals surface area contributed by atoms with Crippen LogP contribution in [-0.4, -0.2) is 51.7 Å². The van der Waals surface area contributed by atoms with Gasteiger partial charge in [0.2, 0.25) is 0 Å². The van der Waals surface area contributed by atoms with Gasteiger partial charge >= 0.3 is 0 Å². The van der Waals surface area contributed by atoms with Gasteiger partial charge in [-0.2, -0.15) is 0 Å². The molecule has 0 aliphatic carbocycles. The quantitative estimate of drug-likeness (QED) is 0.512. The maximum absolute atomic E-state index is 5.69. The summed E-state index contributed by atoms with van der Waals surface area (Å²) < 4.78 is 7.85. The van der Waals surface area contributed by atoms with Gasteiger partial charge in [-0.1, -0.05) is 29.5 Å². The highest BCUT2D eigenvalue weighted by Gasteiger charge is 2.19. The Morgan fingerprint density at radius 1 is 1.52 bits per heavy atom. The fourth-order valence-corrected chi connectivity index (χ4v) is 3.64. The normalized spacial score (nSPS) is 18.8. The van der Waals surface area contributed by atoms with Crippen LogP contribution in [0.15, 0.2) is 29.5 Å². The van der Waals surface area contributed by atoms with Crippen molar-refractivity contribution in [3.05, 3.63) is 30.1 Å². The number of aromatic nitrogens is 3. The monoisotopic (exact) mass is 336 g/mol. The molecule has 0 amide bonds. The summed E-state index contributed by atoms with van der Waals surface area (Å²) in [6.45, 7) is 11.4. The average Bonchev–Trinajstić information content (AvgIpc) is 3.16. The standard InChI is InChI=1S/C17H28N4OS/c1-5-9-21-16(12-20(4)11-14(3)6-2)18-19-17(21)23-13-15-8-7-10-22-15/h5-6,15H,1,7-13H2,2-4H3/b14-6+/t15-/m0/s1. The van der Waals surface area contributed by atoms with Crippen LogP contribution in [0.3, 0.4) is 0 Å². The molecule has 23 heavy (non-hydrogen) atoms. The molecule has 1 aromatic rings. The summed E-state index contributed by atoms with van der Waals surface area (Å²) in [7, 11) is 2.11. The zero-order valence-corrected chi connectivity index (χ0v) is 15.3. The van der Waals surface area contributed by atoms with Crippen LogP contribution < -0.4 is 0 Å². The molecule has 1 fully saturated rings. The molecule has 1 aromatic heterocycles. The molecule has 1 aliphatic rings. The Morgan fingerprint density at radius 2 is 2.35 bits per heavy atom. The van der Waals surface area contributed by atoms with E-state index in [-0.39, 0.29) is 0 Å². The summed E-state index contributed by atoms with van der Waals surface area (Å²) in [5, 5.41) is 9.74. The maximum atomic E-state index is 5.69. The summed E-state index contributed by atoms with van der Waals surface area (Å²) in [5.74, 6) is 1.94. The molecule has 6 heteroatoms. The number of thioether (sulfide) groups is 1. The van der Waals surface area contributed by atoms with Crippen LogP contribution in [0.1, 0.15) is 32.5 Å². The summed E-state index contributed by atoms with van der Waals surface area (Å²) >= 11 is 1.74. The van der Waals surface area contributed by atoms with Crippen LogP contribution in [-0.2, 0) is 17.8 Å². The molecule has 128 valence electrons. The molecule has 0 bridgehead atoms. The van der Waals surface area contributed by atoms with Crippen molar-refractivity contribution in [2.24, 2.45) is 0 Å². The number of rotatable bonds is 9. The molecule has 0 aromatic carbocycles. The smallest absolute Gasteiger partial charge is 0.191 e. The largest absolute Gasteiger partial charge is 0.377 e. The van der Waals surface area contributed by atoms with Crippen LogP contribution >= 0.6 is 11.8 Å². The van der Waals surface area contributed by atoms with E-state index >= 15 is 0 Å². The van der Waals surface area contributed by atoms with Crippen molar-refractivity contribution in [3.8, 4) is 0 Å². The number of ether oxygens (including phenoxy) is 1. The van der Waals surface area contributed by atoms with Gasteiger partial charge in [-0.25, -0.2) is 0 Å². The van der Waals surface area contributed by atoms with Gasteiger partial charge < -0.3 is 9.30 Å². The van der Waals surface area contributed by atoms with Crippen molar-refractivity contribution in [1.29, 1.82) is 0 Å². The molecule has 1 saturated heterocycles. The van der Waals surface area contributed by atoms with Crippen LogP contribution in [0.5, 0.6) is 0 Å². The van der Waals surface area contributed by atoms with Crippen molar-refractivity contribution >= 4 is 11.8 Å². The third kappa shape index (κ3) is 5.48. The number of nitrogens with zero attached hydrogens (tertiary/aromatic N) is 4. The Labute approximate surface area is 143 Å². The third-order valence-corrected chi connectivity index (χ3v) is 5.05. The Bertz CT molecular complexity index is 535. The lowest BCUT2D eigenvalue weighted by molar-refractivity contribution is 0.129. The Balaban J connectivity index is 1.99. The Hall–Kier alpha value is -1.11. The lowest BCUT2D eigenvalue weighted by atomic mass is 10.3. The first-order valence-corrected chi connectivity index (χ1v) is 9.20. The number of hydrogen-bond donors (Lipinski definition) is 0. The minimum Gasteiger partial charge on any atom is -0.377 e. The van der Waals surface area contributed by atoms with Gasteiger partial charge in [0.05, 0.1) is 12.6 Å². The van der Waals surface area contributed by atoms with Gasteiger partial charge in [0.25, 0.3) is 0 Å². The van der Waals surface area contributed by atoms with E-state index in [1.807, 2.05) is 6.08 Å². The third-order valence-electron chi connectivity index (χ3n) is 3.95. The van der Waals surface area contributed by atoms with Gasteiger partial charge in [0, 0.05) is 25.4 Å². The maximum Gasteiger partial charge on any atom is 0.191 e. The fraction of sp³-hybridized carbons (Fsp3) is 0.647. The number of likely N-dealkylation sites (N-methyl/N-ethyl adjacent to an activating group) is 1. The van der Waals surface area contributed by atoms with Crippen molar-refractivity contribution < 1.29 is 4.74 Å². The summed E-state index contributed by atoms with van der Waals surface area (Å²) in [5.41, 5.74) is 1.36. The molecular formula is C17H28N4OS. The number of allylic oxidation sites excluding steroid dienone is 2. The summed E-state index contributed by atoms with van der Waals surface area (Å²) in [6.07, 6.45) is 6.73. The zero-order valence-electron chi connectivity index (χ0n) is 14.5. The molecule has 0 unspecified atom stereocenters. The van der Waals surface area contributed by atoms with Gasteiger partial charge in [-0.3, -0.25) is 4.90 Å². The molecular weight excluding hydrogens is 308 g/mol. The lowest BCUT2D eigenvalue weighted by Gasteiger charge is -2.17. The van der Waals surface area contributed by atoms with Crippen LogP contribution in [0, 0.1) is 0 Å². The lowest BCUT2D eigenvalue weighted by Crippen LogP contribution is -2.22. The van der Waals surface area contributed by atoms with E-state index in [0.29, 0.717) is 6.10 Å². The first kappa shape index (κ1) is 18.2. The highest BCUT2D eigenvalue weighted by atomic mass is 32.2. The van der Waals surface area contributed by atoms with Crippen molar-refractivity contribution in [3.63, 3.8) is 0 Å². The molecule has 1 aliphatic heterocycles. The summed E-state index contributed by atoms with van der Waals surface area (Å²) in [4.78, 5) is 2.26. The van der Waals surface area contributed by atoms with E-state index < -0.39 is 0 Å². The average molecular weight is 337 g/mol. The minimum absolute atomic E-state index is 0.359. The first-order chi connectivity index (χ1) is 11.1. The molecule has 5 nitrogen and oxygen atoms in total. The van der Waals surface area contributed by atoms with Crippen molar-refractivity contribution in [1.82, 2.24) is 19.7 Å². The molecule has 1 atom stereocenters. The SMILES string of the molecule is C=CCn1c(CN(C)C/C(C)=C/C)nnc1SC[C@@H]1CCCO1. The predicted molar refractivity (Wildman–Crippen MR) is 95.7 cm³/mol. The van der Waals surface area contributed by atoms with Gasteiger partial charge in [-0.05, 0) is 33.7 Å². The van der Waals surface area contributed by atoms with Crippen LogP contribution in [0.25, 0.3) is 0 Å². The minimum atomic E-state index is 0.359. The van der Waals surface area contributed by atoms with Gasteiger partial charge in [0.1, 0.15) is 5.82 Å². The predicted octanol–water partition coefficient (Wildman–Crippen LogP) is 3.13. The molecule has 2 rings (SSSR count). The Morgan fingerprint density at radius 3 is 3.00 bits per heavy atom. The van der Waals surface area contributed by atoms with E-state index in [0.717, 1.165) is 49.4 Å². The molecule has 0 saturated carbocycles.